The van der Waals surface area contributed by atoms with Crippen LogP contribution >= 0.6 is 23.4 Å². The van der Waals surface area contributed by atoms with Gasteiger partial charge in [-0.25, -0.2) is 4.68 Å². The topological polar surface area (TPSA) is 69.2 Å². The fourth-order valence-electron chi connectivity index (χ4n) is 2.29. The van der Waals surface area contributed by atoms with Crippen LogP contribution in [0.2, 0.25) is 5.02 Å². The zero-order valence-corrected chi connectivity index (χ0v) is 13.7. The van der Waals surface area contributed by atoms with Gasteiger partial charge in [-0.1, -0.05) is 35.5 Å². The van der Waals surface area contributed by atoms with E-state index in [4.69, 9.17) is 22.2 Å². The summed E-state index contributed by atoms with van der Waals surface area (Å²) in [6.07, 6.45) is 0. The van der Waals surface area contributed by atoms with Crippen LogP contribution in [-0.4, -0.2) is 58.4 Å². The van der Waals surface area contributed by atoms with E-state index >= 15 is 0 Å². The Hall–Kier alpha value is -1.28. The lowest BCUT2D eigenvalue weighted by Crippen LogP contribution is -2.37. The van der Waals surface area contributed by atoms with Crippen molar-refractivity contribution >= 4 is 23.4 Å². The molecule has 1 aromatic carbocycles. The Labute approximate surface area is 138 Å². The van der Waals surface area contributed by atoms with Crippen LogP contribution < -0.4 is 5.84 Å². The van der Waals surface area contributed by atoms with Gasteiger partial charge in [0.1, 0.15) is 0 Å². The third-order valence-corrected chi connectivity index (χ3v) is 4.77. The number of nitrogen functional groups attached to an aromatic ring is 1. The molecule has 3 rings (SSSR count). The fourth-order valence-corrected chi connectivity index (χ4v) is 3.37. The second-order valence-corrected chi connectivity index (χ2v) is 6.43. The number of nitrogens with zero attached hydrogens (tertiary/aromatic N) is 4. The van der Waals surface area contributed by atoms with Crippen LogP contribution in [0.3, 0.4) is 0 Å². The normalized spacial score (nSPS) is 16.0. The summed E-state index contributed by atoms with van der Waals surface area (Å²) in [7, 11) is 0. The van der Waals surface area contributed by atoms with Crippen molar-refractivity contribution in [3.05, 3.63) is 29.3 Å². The van der Waals surface area contributed by atoms with Crippen LogP contribution in [0.15, 0.2) is 29.4 Å². The standard InChI is InChI=1S/C14H18ClN5OS/c15-12-4-2-1-3-11(12)13-17-18-14(20(13)16)22-10-7-19-5-8-21-9-6-19/h1-4H,5-10,16H2. The van der Waals surface area contributed by atoms with E-state index in [0.717, 1.165) is 44.2 Å². The van der Waals surface area contributed by atoms with Crippen molar-refractivity contribution in [3.63, 3.8) is 0 Å². The van der Waals surface area contributed by atoms with E-state index in [1.165, 1.54) is 4.68 Å². The van der Waals surface area contributed by atoms with Crippen LogP contribution in [0.4, 0.5) is 0 Å². The maximum Gasteiger partial charge on any atom is 0.210 e. The summed E-state index contributed by atoms with van der Waals surface area (Å²) in [4.78, 5) is 2.38. The molecule has 1 fully saturated rings. The SMILES string of the molecule is Nn1c(SCCN2CCOCC2)nnc1-c1ccccc1Cl. The van der Waals surface area contributed by atoms with E-state index in [1.807, 2.05) is 24.3 Å². The van der Waals surface area contributed by atoms with Gasteiger partial charge >= 0.3 is 0 Å². The highest BCUT2D eigenvalue weighted by Crippen LogP contribution is 2.27. The molecule has 2 aromatic rings. The molecule has 22 heavy (non-hydrogen) atoms. The Kier molecular flexibility index (Phi) is 5.20. The third kappa shape index (κ3) is 3.55. The second kappa shape index (κ2) is 7.32. The first-order valence-corrected chi connectivity index (χ1v) is 8.50. The van der Waals surface area contributed by atoms with Gasteiger partial charge < -0.3 is 10.6 Å². The fraction of sp³-hybridized carbons (Fsp3) is 0.429. The first kappa shape index (κ1) is 15.6. The maximum absolute atomic E-state index is 6.18. The minimum atomic E-state index is 0.583. The molecule has 0 saturated carbocycles. The summed E-state index contributed by atoms with van der Waals surface area (Å²) < 4.78 is 6.84. The van der Waals surface area contributed by atoms with Gasteiger partial charge in [-0.05, 0) is 12.1 Å². The molecule has 0 spiro atoms. The molecule has 0 atom stereocenters. The molecule has 1 aliphatic heterocycles. The summed E-state index contributed by atoms with van der Waals surface area (Å²) in [5.41, 5.74) is 0.791. The summed E-state index contributed by atoms with van der Waals surface area (Å²) >= 11 is 7.78. The van der Waals surface area contributed by atoms with Crippen molar-refractivity contribution in [1.29, 1.82) is 0 Å². The van der Waals surface area contributed by atoms with Crippen molar-refractivity contribution < 1.29 is 4.74 Å². The highest BCUT2D eigenvalue weighted by molar-refractivity contribution is 7.99. The molecule has 0 aliphatic carbocycles. The first-order chi connectivity index (χ1) is 10.8. The number of aromatic nitrogens is 3. The number of hydrogen-bond acceptors (Lipinski definition) is 6. The van der Waals surface area contributed by atoms with Gasteiger partial charge in [-0.3, -0.25) is 4.90 Å². The molecule has 0 unspecified atom stereocenters. The molecular weight excluding hydrogens is 322 g/mol. The van der Waals surface area contributed by atoms with Crippen molar-refractivity contribution in [1.82, 2.24) is 19.8 Å². The van der Waals surface area contributed by atoms with Gasteiger partial charge in [0.25, 0.3) is 0 Å². The molecule has 6 nitrogen and oxygen atoms in total. The number of benzene rings is 1. The third-order valence-electron chi connectivity index (χ3n) is 3.52. The number of nitrogens with two attached hydrogens (primary N) is 1. The van der Waals surface area contributed by atoms with Gasteiger partial charge in [0.05, 0.1) is 18.2 Å². The maximum atomic E-state index is 6.18. The van der Waals surface area contributed by atoms with Crippen LogP contribution in [0, 0.1) is 0 Å². The molecule has 1 aromatic heterocycles. The van der Waals surface area contributed by atoms with Crippen molar-refractivity contribution in [2.24, 2.45) is 0 Å². The zero-order valence-electron chi connectivity index (χ0n) is 12.1. The second-order valence-electron chi connectivity index (χ2n) is 4.96. The molecule has 1 saturated heterocycles. The highest BCUT2D eigenvalue weighted by Gasteiger charge is 2.15. The molecule has 2 N–H and O–H groups in total. The Balaban J connectivity index is 1.62. The smallest absolute Gasteiger partial charge is 0.210 e. The molecule has 0 bridgehead atoms. The van der Waals surface area contributed by atoms with E-state index in [-0.39, 0.29) is 0 Å². The quantitative estimate of drug-likeness (QED) is 0.661. The number of halogens is 1. The number of thioether (sulfide) groups is 1. The Morgan fingerprint density at radius 3 is 2.77 bits per heavy atom. The number of hydrogen-bond donors (Lipinski definition) is 1. The first-order valence-electron chi connectivity index (χ1n) is 7.14. The largest absolute Gasteiger partial charge is 0.379 e. The van der Waals surface area contributed by atoms with Crippen LogP contribution in [0.25, 0.3) is 11.4 Å². The van der Waals surface area contributed by atoms with E-state index in [0.29, 0.717) is 16.0 Å². The predicted octanol–water partition coefficient (Wildman–Crippen LogP) is 1.74. The monoisotopic (exact) mass is 339 g/mol. The molecule has 0 amide bonds. The van der Waals surface area contributed by atoms with Crippen molar-refractivity contribution in [3.8, 4) is 11.4 Å². The lowest BCUT2D eigenvalue weighted by Gasteiger charge is -2.26. The Morgan fingerprint density at radius 2 is 2.00 bits per heavy atom. The minimum absolute atomic E-state index is 0.583. The van der Waals surface area contributed by atoms with E-state index in [1.54, 1.807) is 11.8 Å². The van der Waals surface area contributed by atoms with Gasteiger partial charge in [-0.2, -0.15) is 0 Å². The van der Waals surface area contributed by atoms with Gasteiger partial charge in [-0.15, -0.1) is 10.2 Å². The van der Waals surface area contributed by atoms with Gasteiger partial charge in [0.15, 0.2) is 5.82 Å². The Bertz CT molecular complexity index is 629. The number of ether oxygens (including phenoxy) is 1. The van der Waals surface area contributed by atoms with Crippen molar-refractivity contribution in [2.45, 2.75) is 5.16 Å². The molecule has 1 aliphatic rings. The number of rotatable bonds is 5. The van der Waals surface area contributed by atoms with E-state index < -0.39 is 0 Å². The average molecular weight is 340 g/mol. The number of morpholine rings is 1. The minimum Gasteiger partial charge on any atom is -0.379 e. The van der Waals surface area contributed by atoms with Crippen molar-refractivity contribution in [2.75, 3.05) is 44.4 Å². The van der Waals surface area contributed by atoms with E-state index in [2.05, 4.69) is 15.1 Å². The van der Waals surface area contributed by atoms with Gasteiger partial charge in [0, 0.05) is 31.0 Å². The lowest BCUT2D eigenvalue weighted by atomic mass is 10.2. The van der Waals surface area contributed by atoms with Crippen LogP contribution in [0.5, 0.6) is 0 Å². The molecular formula is C14H18ClN5OS. The summed E-state index contributed by atoms with van der Waals surface area (Å²) in [5, 5.41) is 9.64. The van der Waals surface area contributed by atoms with E-state index in [9.17, 15) is 0 Å². The average Bonchev–Trinajstić information content (AvgIpc) is 2.90. The molecule has 2 heterocycles. The summed E-state index contributed by atoms with van der Waals surface area (Å²) in [6.45, 7) is 4.59. The Morgan fingerprint density at radius 1 is 1.23 bits per heavy atom. The van der Waals surface area contributed by atoms with Crippen LogP contribution in [0.1, 0.15) is 0 Å². The molecule has 118 valence electrons. The predicted molar refractivity (Wildman–Crippen MR) is 88.6 cm³/mol. The summed E-state index contributed by atoms with van der Waals surface area (Å²) in [6, 6.07) is 7.48. The van der Waals surface area contributed by atoms with Crippen LogP contribution in [-0.2, 0) is 4.74 Å². The highest BCUT2D eigenvalue weighted by atomic mass is 35.5. The van der Waals surface area contributed by atoms with Gasteiger partial charge in [0.2, 0.25) is 5.16 Å². The molecule has 0 radical (unpaired) electrons. The lowest BCUT2D eigenvalue weighted by molar-refractivity contribution is 0.0410. The summed E-state index contributed by atoms with van der Waals surface area (Å²) in [5.74, 6) is 7.60. The molecule has 8 heteroatoms. The zero-order chi connectivity index (χ0) is 15.4.